The summed E-state index contributed by atoms with van der Waals surface area (Å²) in [7, 11) is 0. The van der Waals surface area contributed by atoms with Crippen LogP contribution in [0.25, 0.3) is 0 Å². The minimum Gasteiger partial charge on any atom is -0.397 e. The van der Waals surface area contributed by atoms with Gasteiger partial charge in [-0.25, -0.2) is 0 Å². The van der Waals surface area contributed by atoms with Crippen LogP contribution in [0.3, 0.4) is 0 Å². The van der Waals surface area contributed by atoms with Crippen molar-refractivity contribution in [2.24, 2.45) is 0 Å². The zero-order valence-electron chi connectivity index (χ0n) is 14.1. The van der Waals surface area contributed by atoms with Crippen molar-refractivity contribution in [2.75, 3.05) is 77.0 Å². The average molecular weight is 333 g/mol. The number of anilines is 2. The Hall–Kier alpha value is -1.83. The third-order valence-corrected chi connectivity index (χ3v) is 4.83. The molecule has 0 aromatic heterocycles. The highest BCUT2D eigenvalue weighted by Gasteiger charge is 2.23. The van der Waals surface area contributed by atoms with E-state index in [-0.39, 0.29) is 5.91 Å². The fourth-order valence-electron chi connectivity index (χ4n) is 3.17. The summed E-state index contributed by atoms with van der Waals surface area (Å²) in [6.45, 7) is 9.20. The number of rotatable bonds is 4. The van der Waals surface area contributed by atoms with Gasteiger partial charge in [0.05, 0.1) is 24.6 Å². The Balaban J connectivity index is 1.45. The molecule has 1 aromatic rings. The van der Waals surface area contributed by atoms with Crippen LogP contribution in [0.5, 0.6) is 0 Å². The molecule has 1 amide bonds. The number of carbonyl (C=O) groups excluding carboxylic acids is 1. The SMILES string of the molecule is Nc1ccc(C(=O)N2CCN(CCN3CCOCC3)CC2)cc1N. The summed E-state index contributed by atoms with van der Waals surface area (Å²) in [6.07, 6.45) is 0. The number of ether oxygens (including phenoxy) is 1. The molecule has 3 rings (SSSR count). The quantitative estimate of drug-likeness (QED) is 0.751. The number of carbonyl (C=O) groups is 1. The van der Waals surface area contributed by atoms with Gasteiger partial charge in [-0.15, -0.1) is 0 Å². The average Bonchev–Trinajstić information content (AvgIpc) is 2.63. The van der Waals surface area contributed by atoms with Gasteiger partial charge in [0.25, 0.3) is 5.91 Å². The normalized spacial score (nSPS) is 20.2. The number of nitrogens with zero attached hydrogens (tertiary/aromatic N) is 3. The van der Waals surface area contributed by atoms with Gasteiger partial charge >= 0.3 is 0 Å². The van der Waals surface area contributed by atoms with Crippen molar-refractivity contribution in [3.8, 4) is 0 Å². The van der Waals surface area contributed by atoms with Gasteiger partial charge in [0, 0.05) is 57.9 Å². The lowest BCUT2D eigenvalue weighted by Crippen LogP contribution is -2.51. The van der Waals surface area contributed by atoms with Crippen LogP contribution in [0.2, 0.25) is 0 Å². The van der Waals surface area contributed by atoms with Gasteiger partial charge in [-0.05, 0) is 18.2 Å². The number of nitrogens with two attached hydrogens (primary N) is 2. The fourth-order valence-corrected chi connectivity index (χ4v) is 3.17. The molecule has 132 valence electrons. The van der Waals surface area contributed by atoms with Gasteiger partial charge in [-0.3, -0.25) is 14.6 Å². The van der Waals surface area contributed by atoms with Crippen molar-refractivity contribution in [3.63, 3.8) is 0 Å². The van der Waals surface area contributed by atoms with Gasteiger partial charge in [-0.1, -0.05) is 0 Å². The van der Waals surface area contributed by atoms with Crippen molar-refractivity contribution in [2.45, 2.75) is 0 Å². The first-order valence-electron chi connectivity index (χ1n) is 8.60. The van der Waals surface area contributed by atoms with Crippen molar-refractivity contribution in [3.05, 3.63) is 23.8 Å². The van der Waals surface area contributed by atoms with E-state index in [1.165, 1.54) is 0 Å². The molecule has 7 heteroatoms. The summed E-state index contributed by atoms with van der Waals surface area (Å²) < 4.78 is 5.37. The van der Waals surface area contributed by atoms with Crippen LogP contribution >= 0.6 is 0 Å². The number of amides is 1. The zero-order chi connectivity index (χ0) is 16.9. The molecule has 4 N–H and O–H groups in total. The molecule has 0 spiro atoms. The molecule has 2 saturated heterocycles. The Morgan fingerprint density at radius 1 is 0.917 bits per heavy atom. The summed E-state index contributed by atoms with van der Waals surface area (Å²) in [5.41, 5.74) is 13.1. The maximum atomic E-state index is 12.6. The second-order valence-electron chi connectivity index (χ2n) is 6.43. The molecule has 2 aliphatic rings. The molecule has 0 unspecified atom stereocenters. The predicted molar refractivity (Wildman–Crippen MR) is 94.9 cm³/mol. The molecular weight excluding hydrogens is 306 g/mol. The number of morpholine rings is 1. The van der Waals surface area contributed by atoms with Gasteiger partial charge in [0.15, 0.2) is 0 Å². The van der Waals surface area contributed by atoms with Gasteiger partial charge in [0.2, 0.25) is 0 Å². The first-order valence-corrected chi connectivity index (χ1v) is 8.60. The summed E-state index contributed by atoms with van der Waals surface area (Å²) in [5, 5.41) is 0. The third-order valence-electron chi connectivity index (χ3n) is 4.83. The lowest BCUT2D eigenvalue weighted by Gasteiger charge is -2.36. The van der Waals surface area contributed by atoms with E-state index in [0.717, 1.165) is 65.6 Å². The zero-order valence-corrected chi connectivity index (χ0v) is 14.1. The maximum Gasteiger partial charge on any atom is 0.254 e. The van der Waals surface area contributed by atoms with Gasteiger partial charge < -0.3 is 21.1 Å². The number of hydrogen-bond donors (Lipinski definition) is 2. The molecular formula is C17H27N5O2. The Bertz CT molecular complexity index is 566. The smallest absolute Gasteiger partial charge is 0.254 e. The molecule has 0 bridgehead atoms. The maximum absolute atomic E-state index is 12.6. The topological polar surface area (TPSA) is 88.1 Å². The van der Waals surface area contributed by atoms with Crippen LogP contribution in [0.4, 0.5) is 11.4 Å². The summed E-state index contributed by atoms with van der Waals surface area (Å²) >= 11 is 0. The fraction of sp³-hybridized carbons (Fsp3) is 0.588. The second-order valence-corrected chi connectivity index (χ2v) is 6.43. The number of hydrogen-bond acceptors (Lipinski definition) is 6. The van der Waals surface area contributed by atoms with Crippen molar-refractivity contribution in [1.82, 2.24) is 14.7 Å². The lowest BCUT2D eigenvalue weighted by molar-refractivity contribution is 0.0293. The van der Waals surface area contributed by atoms with E-state index in [1.54, 1.807) is 18.2 Å². The Morgan fingerprint density at radius 2 is 1.54 bits per heavy atom. The van der Waals surface area contributed by atoms with Crippen molar-refractivity contribution < 1.29 is 9.53 Å². The van der Waals surface area contributed by atoms with Crippen LogP contribution in [0.15, 0.2) is 18.2 Å². The van der Waals surface area contributed by atoms with E-state index < -0.39 is 0 Å². The van der Waals surface area contributed by atoms with E-state index >= 15 is 0 Å². The van der Waals surface area contributed by atoms with Gasteiger partial charge in [0.1, 0.15) is 0 Å². The van der Waals surface area contributed by atoms with Gasteiger partial charge in [-0.2, -0.15) is 0 Å². The third kappa shape index (κ3) is 4.17. The molecule has 2 heterocycles. The molecule has 24 heavy (non-hydrogen) atoms. The first kappa shape index (κ1) is 17.0. The van der Waals surface area contributed by atoms with Crippen molar-refractivity contribution >= 4 is 17.3 Å². The van der Waals surface area contributed by atoms with E-state index in [4.69, 9.17) is 16.2 Å². The predicted octanol–water partition coefficient (Wildman–Crippen LogP) is -0.0590. The largest absolute Gasteiger partial charge is 0.397 e. The minimum absolute atomic E-state index is 0.0366. The molecule has 2 aliphatic heterocycles. The van der Waals surface area contributed by atoms with E-state index in [0.29, 0.717) is 16.9 Å². The molecule has 0 atom stereocenters. The van der Waals surface area contributed by atoms with Crippen molar-refractivity contribution in [1.29, 1.82) is 0 Å². The van der Waals surface area contributed by atoms with Crippen LogP contribution < -0.4 is 11.5 Å². The molecule has 0 aliphatic carbocycles. The highest BCUT2D eigenvalue weighted by Crippen LogP contribution is 2.18. The van der Waals surface area contributed by atoms with Crippen LogP contribution in [-0.2, 0) is 4.74 Å². The lowest BCUT2D eigenvalue weighted by atomic mass is 10.1. The number of benzene rings is 1. The summed E-state index contributed by atoms with van der Waals surface area (Å²) in [4.78, 5) is 19.3. The van der Waals surface area contributed by atoms with Crippen LogP contribution in [0.1, 0.15) is 10.4 Å². The summed E-state index contributed by atoms with van der Waals surface area (Å²) in [6, 6.07) is 5.11. The van der Waals surface area contributed by atoms with Crippen LogP contribution in [0, 0.1) is 0 Å². The molecule has 7 nitrogen and oxygen atoms in total. The van der Waals surface area contributed by atoms with E-state index in [1.807, 2.05) is 4.90 Å². The first-order chi connectivity index (χ1) is 11.6. The molecule has 0 saturated carbocycles. The highest BCUT2D eigenvalue weighted by atomic mass is 16.5. The monoisotopic (exact) mass is 333 g/mol. The second kappa shape index (κ2) is 7.83. The number of nitrogen functional groups attached to an aromatic ring is 2. The Labute approximate surface area is 143 Å². The Kier molecular flexibility index (Phi) is 5.55. The minimum atomic E-state index is 0.0366. The standard InChI is InChI=1S/C17H27N5O2/c18-15-2-1-14(13-16(15)19)17(23)22-7-5-20(6-8-22)3-4-21-9-11-24-12-10-21/h1-2,13H,3-12,18-19H2. The van der Waals surface area contributed by atoms with Crippen LogP contribution in [-0.4, -0.2) is 86.2 Å². The van der Waals surface area contributed by atoms with E-state index in [2.05, 4.69) is 9.80 Å². The highest BCUT2D eigenvalue weighted by molar-refractivity contribution is 5.96. The number of piperazine rings is 1. The summed E-state index contributed by atoms with van der Waals surface area (Å²) in [5.74, 6) is 0.0366. The molecule has 0 radical (unpaired) electrons. The molecule has 2 fully saturated rings. The molecule has 1 aromatic carbocycles. The van der Waals surface area contributed by atoms with E-state index in [9.17, 15) is 4.79 Å². The Morgan fingerprint density at radius 3 is 2.17 bits per heavy atom.